The number of primary amides is 1. The Kier molecular flexibility index (Phi) is 3.22. The fraction of sp³-hybridized carbons (Fsp3) is 0.462. The number of carbonyl (C=O) groups is 1. The van der Waals surface area contributed by atoms with E-state index < -0.39 is 23.9 Å². The largest absolute Gasteiger partial charge is 0.394 e. The van der Waals surface area contributed by atoms with Gasteiger partial charge >= 0.3 is 6.18 Å². The summed E-state index contributed by atoms with van der Waals surface area (Å²) in [5.74, 6) is -3.94. The first-order valence-electron chi connectivity index (χ1n) is 6.66. The Labute approximate surface area is 123 Å². The summed E-state index contributed by atoms with van der Waals surface area (Å²) in [5.41, 5.74) is 6.30. The fourth-order valence-electron chi connectivity index (χ4n) is 2.93. The van der Waals surface area contributed by atoms with E-state index in [1.807, 2.05) is 0 Å². The maximum Gasteiger partial charge on any atom is 0.394 e. The zero-order chi connectivity index (χ0) is 16.1. The number of aromatic nitrogens is 3. The van der Waals surface area contributed by atoms with Crippen molar-refractivity contribution in [2.24, 2.45) is 24.6 Å². The molecule has 0 spiro atoms. The van der Waals surface area contributed by atoms with Gasteiger partial charge in [-0.15, -0.1) is 0 Å². The number of fused-ring (bicyclic) bond motifs is 1. The van der Waals surface area contributed by atoms with Crippen LogP contribution >= 0.6 is 0 Å². The van der Waals surface area contributed by atoms with Gasteiger partial charge in [-0.1, -0.05) is 0 Å². The summed E-state index contributed by atoms with van der Waals surface area (Å²) >= 11 is 0. The van der Waals surface area contributed by atoms with Crippen molar-refractivity contribution in [1.29, 1.82) is 0 Å². The lowest BCUT2D eigenvalue weighted by molar-refractivity contribution is -0.181. The molecule has 0 unspecified atom stereocenters. The topological polar surface area (TPSA) is 77.0 Å². The van der Waals surface area contributed by atoms with Crippen molar-refractivity contribution in [2.45, 2.75) is 6.18 Å². The highest BCUT2D eigenvalue weighted by Gasteiger charge is 2.52. The molecule has 2 N–H and O–H groups in total. The van der Waals surface area contributed by atoms with Crippen molar-refractivity contribution in [3.63, 3.8) is 0 Å². The average Bonchev–Trinajstić information content (AvgIpc) is 3.03. The van der Waals surface area contributed by atoms with E-state index in [0.29, 0.717) is 16.7 Å². The molecule has 1 saturated heterocycles. The summed E-state index contributed by atoms with van der Waals surface area (Å²) < 4.78 is 40.9. The highest BCUT2D eigenvalue weighted by atomic mass is 19.4. The van der Waals surface area contributed by atoms with Gasteiger partial charge in [0.25, 0.3) is 0 Å². The van der Waals surface area contributed by atoms with Gasteiger partial charge in [0, 0.05) is 26.3 Å². The number of hydrogen-bond acceptors (Lipinski definition) is 4. The van der Waals surface area contributed by atoms with Gasteiger partial charge in [-0.05, 0) is 6.07 Å². The van der Waals surface area contributed by atoms with Gasteiger partial charge in [-0.25, -0.2) is 4.98 Å². The predicted octanol–water partition coefficient (Wildman–Crippen LogP) is 1.07. The molecule has 0 bridgehead atoms. The Hall–Kier alpha value is -2.32. The first kappa shape index (κ1) is 14.6. The zero-order valence-electron chi connectivity index (χ0n) is 11.7. The SMILES string of the molecule is Cn1ncc2c(N3C[C@@H](C(F)(F)F)[C@H](C(N)=O)C3)ccnc21. The highest BCUT2D eigenvalue weighted by molar-refractivity contribution is 5.90. The lowest BCUT2D eigenvalue weighted by atomic mass is 9.95. The van der Waals surface area contributed by atoms with E-state index in [0.717, 1.165) is 0 Å². The molecular formula is C13H14F3N5O. The van der Waals surface area contributed by atoms with Crippen LogP contribution < -0.4 is 10.6 Å². The van der Waals surface area contributed by atoms with E-state index in [-0.39, 0.29) is 13.1 Å². The number of nitrogens with two attached hydrogens (primary N) is 1. The molecule has 9 heteroatoms. The van der Waals surface area contributed by atoms with Crippen molar-refractivity contribution < 1.29 is 18.0 Å². The molecule has 2 atom stereocenters. The van der Waals surface area contributed by atoms with Crippen molar-refractivity contribution in [1.82, 2.24) is 14.8 Å². The normalized spacial score (nSPS) is 22.5. The van der Waals surface area contributed by atoms with Crippen LogP contribution in [-0.2, 0) is 11.8 Å². The van der Waals surface area contributed by atoms with E-state index in [1.165, 1.54) is 11.1 Å². The first-order valence-corrected chi connectivity index (χ1v) is 6.66. The number of aryl methyl sites for hydroxylation is 1. The standard InChI is InChI=1S/C13H14F3N5O/c1-20-12-7(4-19-20)10(2-3-18-12)21-5-8(11(17)22)9(6-21)13(14,15)16/h2-4,8-9H,5-6H2,1H3,(H2,17,22)/t8-,9-/m1/s1. The lowest BCUT2D eigenvalue weighted by Gasteiger charge is -2.20. The molecule has 118 valence electrons. The summed E-state index contributed by atoms with van der Waals surface area (Å²) in [6.45, 7) is -0.362. The predicted molar refractivity (Wildman–Crippen MR) is 73.0 cm³/mol. The number of anilines is 1. The van der Waals surface area contributed by atoms with Crippen LogP contribution in [0.15, 0.2) is 18.5 Å². The average molecular weight is 313 g/mol. The molecule has 2 aromatic heterocycles. The molecule has 6 nitrogen and oxygen atoms in total. The summed E-state index contributed by atoms with van der Waals surface area (Å²) in [5, 5.41) is 4.71. The molecule has 1 amide bonds. The summed E-state index contributed by atoms with van der Waals surface area (Å²) in [6, 6.07) is 1.63. The highest BCUT2D eigenvalue weighted by Crippen LogP contribution is 2.40. The number of nitrogens with zero attached hydrogens (tertiary/aromatic N) is 4. The van der Waals surface area contributed by atoms with Crippen molar-refractivity contribution in [3.8, 4) is 0 Å². The number of halogens is 3. The van der Waals surface area contributed by atoms with Gasteiger partial charge < -0.3 is 10.6 Å². The third-order valence-corrected chi connectivity index (χ3v) is 4.06. The van der Waals surface area contributed by atoms with Crippen molar-refractivity contribution in [3.05, 3.63) is 18.5 Å². The van der Waals surface area contributed by atoms with Crippen LogP contribution in [0.3, 0.4) is 0 Å². The molecule has 0 radical (unpaired) electrons. The quantitative estimate of drug-likeness (QED) is 0.899. The van der Waals surface area contributed by atoms with Crippen LogP contribution in [0.2, 0.25) is 0 Å². The van der Waals surface area contributed by atoms with Crippen LogP contribution in [0.5, 0.6) is 0 Å². The van der Waals surface area contributed by atoms with Crippen LogP contribution in [-0.4, -0.2) is 39.9 Å². The van der Waals surface area contributed by atoms with Gasteiger partial charge in [0.2, 0.25) is 5.91 Å². The Morgan fingerprint density at radius 2 is 2.14 bits per heavy atom. The molecule has 22 heavy (non-hydrogen) atoms. The first-order chi connectivity index (χ1) is 10.3. The third-order valence-electron chi connectivity index (χ3n) is 4.06. The number of amides is 1. The van der Waals surface area contributed by atoms with Crippen molar-refractivity contribution >= 4 is 22.6 Å². The van der Waals surface area contributed by atoms with E-state index >= 15 is 0 Å². The number of pyridine rings is 1. The minimum atomic E-state index is -4.46. The molecule has 1 aliphatic heterocycles. The molecule has 1 aliphatic rings. The third kappa shape index (κ3) is 2.26. The van der Waals surface area contributed by atoms with Crippen LogP contribution in [0.1, 0.15) is 0 Å². The number of alkyl halides is 3. The second kappa shape index (κ2) is 4.85. The van der Waals surface area contributed by atoms with E-state index in [4.69, 9.17) is 5.73 Å². The smallest absolute Gasteiger partial charge is 0.369 e. The Morgan fingerprint density at radius 3 is 2.73 bits per heavy atom. The number of hydrogen-bond donors (Lipinski definition) is 1. The van der Waals surface area contributed by atoms with E-state index in [1.54, 1.807) is 24.0 Å². The number of carbonyl (C=O) groups excluding carboxylic acids is 1. The fourth-order valence-corrected chi connectivity index (χ4v) is 2.93. The van der Waals surface area contributed by atoms with E-state index in [9.17, 15) is 18.0 Å². The molecule has 3 heterocycles. The number of rotatable bonds is 2. The maximum absolute atomic E-state index is 13.1. The Balaban J connectivity index is 2.00. The second-order valence-electron chi connectivity index (χ2n) is 5.40. The maximum atomic E-state index is 13.1. The lowest BCUT2D eigenvalue weighted by Crippen LogP contribution is -2.37. The molecule has 3 rings (SSSR count). The summed E-state index contributed by atoms with van der Waals surface area (Å²) in [4.78, 5) is 17.1. The molecule has 0 aromatic carbocycles. The molecule has 1 fully saturated rings. The Morgan fingerprint density at radius 1 is 1.41 bits per heavy atom. The van der Waals surface area contributed by atoms with Crippen LogP contribution in [0.25, 0.3) is 11.0 Å². The second-order valence-corrected chi connectivity index (χ2v) is 5.40. The molecule has 0 saturated carbocycles. The summed E-state index contributed by atoms with van der Waals surface area (Å²) in [7, 11) is 1.70. The van der Waals surface area contributed by atoms with Crippen molar-refractivity contribution in [2.75, 3.05) is 18.0 Å². The minimum absolute atomic E-state index is 0.0620. The van der Waals surface area contributed by atoms with Gasteiger partial charge in [-0.2, -0.15) is 18.3 Å². The van der Waals surface area contributed by atoms with Gasteiger partial charge in [0.1, 0.15) is 0 Å². The van der Waals surface area contributed by atoms with Gasteiger partial charge in [-0.3, -0.25) is 9.48 Å². The molecular weight excluding hydrogens is 299 g/mol. The summed E-state index contributed by atoms with van der Waals surface area (Å²) in [6.07, 6.45) is -1.40. The molecule has 2 aromatic rings. The monoisotopic (exact) mass is 313 g/mol. The van der Waals surface area contributed by atoms with Gasteiger partial charge in [0.15, 0.2) is 5.65 Å². The minimum Gasteiger partial charge on any atom is -0.369 e. The van der Waals surface area contributed by atoms with Crippen LogP contribution in [0, 0.1) is 11.8 Å². The zero-order valence-corrected chi connectivity index (χ0v) is 11.7. The molecule has 0 aliphatic carbocycles. The Bertz CT molecular complexity index is 726. The van der Waals surface area contributed by atoms with Crippen LogP contribution in [0.4, 0.5) is 18.9 Å². The van der Waals surface area contributed by atoms with Gasteiger partial charge in [0.05, 0.1) is 29.1 Å². The van der Waals surface area contributed by atoms with E-state index in [2.05, 4.69) is 10.1 Å².